The van der Waals surface area contributed by atoms with Crippen molar-refractivity contribution in [3.63, 3.8) is 0 Å². The lowest BCUT2D eigenvalue weighted by Gasteiger charge is -2.36. The van der Waals surface area contributed by atoms with Gasteiger partial charge in [0.05, 0.1) is 5.02 Å². The fourth-order valence-corrected chi connectivity index (χ4v) is 3.60. The Labute approximate surface area is 126 Å². The summed E-state index contributed by atoms with van der Waals surface area (Å²) in [5, 5.41) is 3.62. The lowest BCUT2D eigenvalue weighted by molar-refractivity contribution is 0.173. The van der Waals surface area contributed by atoms with E-state index in [4.69, 9.17) is 11.6 Å². The van der Waals surface area contributed by atoms with E-state index in [1.54, 1.807) is 6.07 Å². The zero-order valence-electron chi connectivity index (χ0n) is 12.6. The normalized spacial score (nSPS) is 28.4. The molecule has 1 aromatic rings. The molecule has 1 aliphatic carbocycles. The van der Waals surface area contributed by atoms with Gasteiger partial charge in [-0.25, -0.2) is 4.39 Å². The first-order valence-electron chi connectivity index (χ1n) is 7.63. The molecule has 3 heteroatoms. The van der Waals surface area contributed by atoms with Crippen molar-refractivity contribution in [1.29, 1.82) is 0 Å². The highest BCUT2D eigenvalue weighted by Crippen LogP contribution is 2.36. The van der Waals surface area contributed by atoms with Crippen molar-refractivity contribution in [2.24, 2.45) is 17.8 Å². The van der Waals surface area contributed by atoms with Crippen LogP contribution in [0.2, 0.25) is 5.02 Å². The minimum absolute atomic E-state index is 0.225. The molecule has 0 bridgehead atoms. The van der Waals surface area contributed by atoms with Crippen LogP contribution in [-0.2, 0) is 6.42 Å². The largest absolute Gasteiger partial charge is 0.316 e. The van der Waals surface area contributed by atoms with Crippen LogP contribution in [0.3, 0.4) is 0 Å². The highest BCUT2D eigenvalue weighted by atomic mass is 35.5. The van der Waals surface area contributed by atoms with E-state index in [-0.39, 0.29) is 10.8 Å². The molecule has 1 fully saturated rings. The SMILES string of the molecule is CNC(Cc1cccc(Cl)c1F)C1CCC(C)C(C)C1. The summed E-state index contributed by atoms with van der Waals surface area (Å²) >= 11 is 5.87. The third kappa shape index (κ3) is 3.53. The minimum atomic E-state index is -0.258. The van der Waals surface area contributed by atoms with Gasteiger partial charge < -0.3 is 5.32 Å². The summed E-state index contributed by atoms with van der Waals surface area (Å²) in [6.07, 6.45) is 4.46. The summed E-state index contributed by atoms with van der Waals surface area (Å²) in [5.41, 5.74) is 0.725. The van der Waals surface area contributed by atoms with E-state index in [9.17, 15) is 4.39 Å². The van der Waals surface area contributed by atoms with Crippen LogP contribution in [0.25, 0.3) is 0 Å². The van der Waals surface area contributed by atoms with Gasteiger partial charge in [-0.05, 0) is 55.7 Å². The molecule has 0 spiro atoms. The maximum absolute atomic E-state index is 14.0. The first-order chi connectivity index (χ1) is 9.52. The molecule has 2 rings (SSSR count). The van der Waals surface area contributed by atoms with Gasteiger partial charge in [0.2, 0.25) is 0 Å². The monoisotopic (exact) mass is 297 g/mol. The maximum Gasteiger partial charge on any atom is 0.145 e. The Balaban J connectivity index is 2.07. The van der Waals surface area contributed by atoms with Crippen molar-refractivity contribution < 1.29 is 4.39 Å². The average Bonchev–Trinajstić information content (AvgIpc) is 2.44. The zero-order chi connectivity index (χ0) is 14.7. The second kappa shape index (κ2) is 6.91. The van der Waals surface area contributed by atoms with E-state index in [0.29, 0.717) is 18.4 Å². The van der Waals surface area contributed by atoms with Crippen LogP contribution in [0.15, 0.2) is 18.2 Å². The summed E-state index contributed by atoms with van der Waals surface area (Å²) < 4.78 is 14.0. The van der Waals surface area contributed by atoms with Crippen molar-refractivity contribution in [1.82, 2.24) is 5.32 Å². The van der Waals surface area contributed by atoms with E-state index in [0.717, 1.165) is 17.4 Å². The fraction of sp³-hybridized carbons (Fsp3) is 0.647. The number of rotatable bonds is 4. The van der Waals surface area contributed by atoms with E-state index < -0.39 is 0 Å². The molecule has 112 valence electrons. The molecule has 4 atom stereocenters. The number of benzene rings is 1. The van der Waals surface area contributed by atoms with Crippen LogP contribution >= 0.6 is 11.6 Å². The van der Waals surface area contributed by atoms with Crippen LogP contribution in [-0.4, -0.2) is 13.1 Å². The molecule has 0 amide bonds. The summed E-state index contributed by atoms with van der Waals surface area (Å²) in [7, 11) is 1.98. The highest BCUT2D eigenvalue weighted by molar-refractivity contribution is 6.30. The number of hydrogen-bond acceptors (Lipinski definition) is 1. The first kappa shape index (κ1) is 15.8. The summed E-state index contributed by atoms with van der Waals surface area (Å²) in [4.78, 5) is 0. The number of hydrogen-bond donors (Lipinski definition) is 1. The molecule has 20 heavy (non-hydrogen) atoms. The Kier molecular flexibility index (Phi) is 5.45. The van der Waals surface area contributed by atoms with Crippen molar-refractivity contribution >= 4 is 11.6 Å². The van der Waals surface area contributed by atoms with Gasteiger partial charge in [-0.3, -0.25) is 0 Å². The predicted octanol–water partition coefficient (Wildman–Crippen LogP) is 4.68. The van der Waals surface area contributed by atoms with Crippen molar-refractivity contribution in [3.8, 4) is 0 Å². The Bertz CT molecular complexity index is 449. The van der Waals surface area contributed by atoms with Crippen LogP contribution in [0.5, 0.6) is 0 Å². The summed E-state index contributed by atoms with van der Waals surface area (Å²) in [6, 6.07) is 5.62. The third-order valence-corrected chi connectivity index (χ3v) is 5.34. The van der Waals surface area contributed by atoms with E-state index >= 15 is 0 Å². The first-order valence-corrected chi connectivity index (χ1v) is 8.00. The van der Waals surface area contributed by atoms with E-state index in [1.807, 2.05) is 19.2 Å². The van der Waals surface area contributed by atoms with E-state index in [1.165, 1.54) is 19.3 Å². The van der Waals surface area contributed by atoms with Crippen LogP contribution in [0.4, 0.5) is 4.39 Å². The average molecular weight is 298 g/mol. The van der Waals surface area contributed by atoms with Gasteiger partial charge in [0.15, 0.2) is 0 Å². The molecule has 1 N–H and O–H groups in total. The van der Waals surface area contributed by atoms with E-state index in [2.05, 4.69) is 19.2 Å². The number of likely N-dealkylation sites (N-methyl/N-ethyl adjacent to an activating group) is 1. The molecule has 4 unspecified atom stereocenters. The number of halogens is 2. The van der Waals surface area contributed by atoms with Gasteiger partial charge in [-0.2, -0.15) is 0 Å². The molecular formula is C17H25ClFN. The molecule has 0 aromatic heterocycles. The second-order valence-electron chi connectivity index (χ2n) is 6.34. The molecule has 1 saturated carbocycles. The summed E-state index contributed by atoms with van der Waals surface area (Å²) in [5.74, 6) is 1.94. The molecule has 0 saturated heterocycles. The third-order valence-electron chi connectivity index (χ3n) is 5.05. The standard InChI is InChI=1S/C17H25ClFN/c1-11-7-8-13(9-12(11)2)16(20-3)10-14-5-4-6-15(18)17(14)19/h4-6,11-13,16,20H,7-10H2,1-3H3. The van der Waals surface area contributed by atoms with Gasteiger partial charge in [-0.15, -0.1) is 0 Å². The van der Waals surface area contributed by atoms with Crippen molar-refractivity contribution in [3.05, 3.63) is 34.6 Å². The fourth-order valence-electron chi connectivity index (χ4n) is 3.40. The Hall–Kier alpha value is -0.600. The quantitative estimate of drug-likeness (QED) is 0.851. The minimum Gasteiger partial charge on any atom is -0.316 e. The highest BCUT2D eigenvalue weighted by Gasteiger charge is 2.30. The molecule has 1 aromatic carbocycles. The summed E-state index contributed by atoms with van der Waals surface area (Å²) in [6.45, 7) is 4.68. The maximum atomic E-state index is 14.0. The van der Waals surface area contributed by atoms with Crippen molar-refractivity contribution in [2.45, 2.75) is 45.6 Å². The van der Waals surface area contributed by atoms with Gasteiger partial charge in [0.1, 0.15) is 5.82 Å². The second-order valence-corrected chi connectivity index (χ2v) is 6.75. The predicted molar refractivity (Wildman–Crippen MR) is 83.6 cm³/mol. The number of nitrogens with one attached hydrogen (secondary N) is 1. The van der Waals surface area contributed by atoms with Crippen LogP contribution < -0.4 is 5.32 Å². The lowest BCUT2D eigenvalue weighted by atomic mass is 9.72. The van der Waals surface area contributed by atoms with Gasteiger partial charge in [0, 0.05) is 6.04 Å². The Morgan fingerprint density at radius 1 is 1.30 bits per heavy atom. The molecule has 1 aliphatic rings. The van der Waals surface area contributed by atoms with Gasteiger partial charge in [0.25, 0.3) is 0 Å². The van der Waals surface area contributed by atoms with Gasteiger partial charge in [-0.1, -0.05) is 44.0 Å². The molecule has 0 heterocycles. The van der Waals surface area contributed by atoms with Crippen molar-refractivity contribution in [2.75, 3.05) is 7.05 Å². The Morgan fingerprint density at radius 2 is 2.05 bits per heavy atom. The molecule has 0 radical (unpaired) electrons. The zero-order valence-corrected chi connectivity index (χ0v) is 13.4. The van der Waals surface area contributed by atoms with Crippen LogP contribution in [0, 0.1) is 23.6 Å². The van der Waals surface area contributed by atoms with Gasteiger partial charge >= 0.3 is 0 Å². The lowest BCUT2D eigenvalue weighted by Crippen LogP contribution is -2.39. The van der Waals surface area contributed by atoms with Crippen LogP contribution in [0.1, 0.15) is 38.7 Å². The molecule has 0 aliphatic heterocycles. The topological polar surface area (TPSA) is 12.0 Å². The smallest absolute Gasteiger partial charge is 0.145 e. The Morgan fingerprint density at radius 3 is 2.70 bits per heavy atom. The molecular weight excluding hydrogens is 273 g/mol. The molecule has 1 nitrogen and oxygen atoms in total.